The predicted molar refractivity (Wildman–Crippen MR) is 121 cm³/mol. The van der Waals surface area contributed by atoms with E-state index in [-0.39, 0.29) is 16.9 Å². The summed E-state index contributed by atoms with van der Waals surface area (Å²) in [5.74, 6) is 0.246. The fourth-order valence-electron chi connectivity index (χ4n) is 4.20. The number of halogens is 3. The van der Waals surface area contributed by atoms with Gasteiger partial charge in [-0.2, -0.15) is 18.4 Å². The Morgan fingerprint density at radius 3 is 2.58 bits per heavy atom. The third-order valence-electron chi connectivity index (χ3n) is 5.95. The van der Waals surface area contributed by atoms with Gasteiger partial charge in [0.1, 0.15) is 17.4 Å². The van der Waals surface area contributed by atoms with Crippen molar-refractivity contribution in [2.24, 2.45) is 5.73 Å². The van der Waals surface area contributed by atoms with E-state index >= 15 is 0 Å². The molecule has 2 aromatic rings. The Bertz CT molecular complexity index is 1190. The van der Waals surface area contributed by atoms with E-state index in [2.05, 4.69) is 0 Å². The molecular formula is C23H21F3N4O2S. The van der Waals surface area contributed by atoms with Gasteiger partial charge in [0.2, 0.25) is 0 Å². The van der Waals surface area contributed by atoms with Crippen molar-refractivity contribution >= 4 is 34.6 Å². The van der Waals surface area contributed by atoms with E-state index in [4.69, 9.17) is 28.0 Å². The maximum Gasteiger partial charge on any atom is 0.417 e. The molecule has 0 saturated carbocycles. The zero-order valence-electron chi connectivity index (χ0n) is 17.9. The number of carbonyl (C=O) groups is 1. The van der Waals surface area contributed by atoms with Gasteiger partial charge in [-0.15, -0.1) is 0 Å². The molecule has 6 nitrogen and oxygen atoms in total. The van der Waals surface area contributed by atoms with Gasteiger partial charge in [-0.25, -0.2) is 0 Å². The van der Waals surface area contributed by atoms with Crippen LogP contribution in [0.3, 0.4) is 0 Å². The lowest BCUT2D eigenvalue weighted by atomic mass is 9.99. The molecule has 0 aliphatic carbocycles. The Kier molecular flexibility index (Phi) is 5.58. The standard InChI is InChI=1S/C23H21F3N4O2S/c1-22(2)20(31)29(15-5-3-14(11-27)18(10-15)23(24,25)26)21(33)30(22)16-6-8-19-13(9-16)4-7-17(12-28)32-19/h3,5-6,8-10,17H,4,7,12,28H2,1-2H3. The molecule has 1 saturated heterocycles. The number of aryl methyl sites for hydroxylation is 1. The highest BCUT2D eigenvalue weighted by molar-refractivity contribution is 7.81. The molecule has 1 unspecified atom stereocenters. The van der Waals surface area contributed by atoms with Crippen molar-refractivity contribution in [3.63, 3.8) is 0 Å². The number of alkyl halides is 3. The van der Waals surface area contributed by atoms with Crippen molar-refractivity contribution in [2.75, 3.05) is 16.3 Å². The SMILES string of the molecule is CC1(C)C(=O)N(c2ccc(C#N)c(C(F)(F)F)c2)C(=S)N1c1ccc2c(c1)CCC(CN)O2. The summed E-state index contributed by atoms with van der Waals surface area (Å²) in [6.07, 6.45) is -3.30. The van der Waals surface area contributed by atoms with Crippen molar-refractivity contribution in [1.82, 2.24) is 0 Å². The summed E-state index contributed by atoms with van der Waals surface area (Å²) in [4.78, 5) is 16.0. The Morgan fingerprint density at radius 1 is 1.24 bits per heavy atom. The number of fused-ring (bicyclic) bond motifs is 1. The van der Waals surface area contributed by atoms with Crippen LogP contribution in [0.25, 0.3) is 0 Å². The molecule has 2 heterocycles. The van der Waals surface area contributed by atoms with Gasteiger partial charge in [-0.05, 0) is 80.9 Å². The Morgan fingerprint density at radius 2 is 1.94 bits per heavy atom. The average molecular weight is 475 g/mol. The number of nitriles is 1. The maximum atomic E-state index is 13.5. The topological polar surface area (TPSA) is 82.6 Å². The summed E-state index contributed by atoms with van der Waals surface area (Å²) >= 11 is 5.58. The lowest BCUT2D eigenvalue weighted by molar-refractivity contribution is -0.137. The third kappa shape index (κ3) is 3.81. The summed E-state index contributed by atoms with van der Waals surface area (Å²) in [5.41, 5.74) is 4.46. The number of rotatable bonds is 3. The highest BCUT2D eigenvalue weighted by Crippen LogP contribution is 2.41. The molecule has 2 aliphatic rings. The molecule has 33 heavy (non-hydrogen) atoms. The largest absolute Gasteiger partial charge is 0.489 e. The number of anilines is 2. The molecule has 1 amide bonds. The molecular weight excluding hydrogens is 453 g/mol. The van der Waals surface area contributed by atoms with Crippen LogP contribution in [0.5, 0.6) is 5.75 Å². The van der Waals surface area contributed by atoms with E-state index in [9.17, 15) is 18.0 Å². The van der Waals surface area contributed by atoms with E-state index < -0.39 is 28.7 Å². The molecule has 10 heteroatoms. The van der Waals surface area contributed by atoms with Gasteiger partial charge in [0.15, 0.2) is 5.11 Å². The third-order valence-corrected chi connectivity index (χ3v) is 6.31. The van der Waals surface area contributed by atoms with Gasteiger partial charge < -0.3 is 15.4 Å². The summed E-state index contributed by atoms with van der Waals surface area (Å²) in [7, 11) is 0. The number of benzene rings is 2. The highest BCUT2D eigenvalue weighted by Gasteiger charge is 2.51. The number of ether oxygens (including phenoxy) is 1. The molecule has 4 rings (SSSR count). The van der Waals surface area contributed by atoms with Crippen LogP contribution in [0, 0.1) is 11.3 Å². The number of nitrogens with zero attached hydrogens (tertiary/aromatic N) is 3. The minimum absolute atomic E-state index is 0.0426. The second-order valence-electron chi connectivity index (χ2n) is 8.46. The summed E-state index contributed by atoms with van der Waals surface area (Å²) in [6, 6.07) is 10.1. The number of nitrogens with two attached hydrogens (primary N) is 1. The molecule has 0 spiro atoms. The molecule has 1 fully saturated rings. The molecule has 0 bridgehead atoms. The second kappa shape index (κ2) is 8.01. The van der Waals surface area contributed by atoms with E-state index in [1.54, 1.807) is 36.9 Å². The van der Waals surface area contributed by atoms with Crippen LogP contribution in [0.1, 0.15) is 37.0 Å². The van der Waals surface area contributed by atoms with Crippen molar-refractivity contribution in [3.8, 4) is 11.8 Å². The summed E-state index contributed by atoms with van der Waals surface area (Å²) < 4.78 is 46.3. The second-order valence-corrected chi connectivity index (χ2v) is 8.83. The maximum absolute atomic E-state index is 13.5. The van der Waals surface area contributed by atoms with Crippen LogP contribution < -0.4 is 20.3 Å². The van der Waals surface area contributed by atoms with Crippen molar-refractivity contribution in [3.05, 3.63) is 53.1 Å². The minimum Gasteiger partial charge on any atom is -0.489 e. The molecule has 2 aromatic carbocycles. The van der Waals surface area contributed by atoms with Gasteiger partial charge in [-0.1, -0.05) is 0 Å². The van der Waals surface area contributed by atoms with Gasteiger partial charge in [-0.3, -0.25) is 9.69 Å². The van der Waals surface area contributed by atoms with E-state index in [1.165, 1.54) is 6.07 Å². The first kappa shape index (κ1) is 23.0. The zero-order valence-corrected chi connectivity index (χ0v) is 18.8. The first-order chi connectivity index (χ1) is 15.5. The number of hydrogen-bond acceptors (Lipinski definition) is 5. The van der Waals surface area contributed by atoms with Crippen LogP contribution in [0.4, 0.5) is 24.5 Å². The van der Waals surface area contributed by atoms with Crippen LogP contribution in [0.2, 0.25) is 0 Å². The summed E-state index contributed by atoms with van der Waals surface area (Å²) in [5, 5.41) is 9.12. The quantitative estimate of drug-likeness (QED) is 0.674. The number of amides is 1. The Hall–Kier alpha value is -3.16. The van der Waals surface area contributed by atoms with E-state index in [0.29, 0.717) is 18.0 Å². The number of thiocarbonyl (C=S) groups is 1. The summed E-state index contributed by atoms with van der Waals surface area (Å²) in [6.45, 7) is 3.74. The first-order valence-corrected chi connectivity index (χ1v) is 10.7. The normalized spacial score (nSPS) is 19.8. The first-order valence-electron chi connectivity index (χ1n) is 10.3. The number of carbonyl (C=O) groups excluding carboxylic acids is 1. The monoisotopic (exact) mass is 474 g/mol. The van der Waals surface area contributed by atoms with Crippen LogP contribution >= 0.6 is 12.2 Å². The fraction of sp³-hybridized carbons (Fsp3) is 0.348. The molecule has 1 atom stereocenters. The van der Waals surface area contributed by atoms with Crippen LogP contribution in [-0.4, -0.2) is 29.2 Å². The number of hydrogen-bond donors (Lipinski definition) is 1. The van der Waals surface area contributed by atoms with Crippen molar-refractivity contribution in [1.29, 1.82) is 5.26 Å². The van der Waals surface area contributed by atoms with Gasteiger partial charge >= 0.3 is 6.18 Å². The molecule has 2 N–H and O–H groups in total. The Labute approximate surface area is 194 Å². The molecule has 0 aromatic heterocycles. The Balaban J connectivity index is 1.74. The van der Waals surface area contributed by atoms with Gasteiger partial charge in [0.25, 0.3) is 5.91 Å². The lowest BCUT2D eigenvalue weighted by Crippen LogP contribution is -2.44. The zero-order chi connectivity index (χ0) is 24.1. The average Bonchev–Trinajstić information content (AvgIpc) is 2.95. The molecule has 172 valence electrons. The van der Waals surface area contributed by atoms with Gasteiger partial charge in [0, 0.05) is 12.2 Å². The molecule has 0 radical (unpaired) electrons. The van der Waals surface area contributed by atoms with Crippen molar-refractivity contribution < 1.29 is 22.7 Å². The van der Waals surface area contributed by atoms with Crippen LogP contribution in [0.15, 0.2) is 36.4 Å². The smallest absolute Gasteiger partial charge is 0.417 e. The minimum atomic E-state index is -4.75. The van der Waals surface area contributed by atoms with Gasteiger partial charge in [0.05, 0.1) is 22.9 Å². The van der Waals surface area contributed by atoms with Crippen molar-refractivity contribution in [2.45, 2.75) is 44.5 Å². The van der Waals surface area contributed by atoms with E-state index in [0.717, 1.165) is 35.4 Å². The van der Waals surface area contributed by atoms with Crippen LogP contribution in [-0.2, 0) is 17.4 Å². The fourth-order valence-corrected chi connectivity index (χ4v) is 4.72. The molecule has 2 aliphatic heterocycles. The predicted octanol–water partition coefficient (Wildman–Crippen LogP) is 4.15. The highest BCUT2D eigenvalue weighted by atomic mass is 32.1. The lowest BCUT2D eigenvalue weighted by Gasteiger charge is -2.31. The van der Waals surface area contributed by atoms with E-state index in [1.807, 2.05) is 6.07 Å².